The lowest BCUT2D eigenvalue weighted by molar-refractivity contribution is 0.193. The Hall–Kier alpha value is -0.890. The molecule has 0 unspecified atom stereocenters. The second-order valence-electron chi connectivity index (χ2n) is 2.80. The Labute approximate surface area is 107 Å². The summed E-state index contributed by atoms with van der Waals surface area (Å²) in [6.45, 7) is 15.4. The highest BCUT2D eigenvalue weighted by molar-refractivity contribution is 5.35. The summed E-state index contributed by atoms with van der Waals surface area (Å²) in [5.41, 5.74) is 2.12. The van der Waals surface area contributed by atoms with Crippen LogP contribution in [0.1, 0.15) is 47.0 Å². The van der Waals surface area contributed by atoms with Gasteiger partial charge in [0.25, 0.3) is 0 Å². The molecule has 0 aromatic rings. The van der Waals surface area contributed by atoms with Crippen LogP contribution < -0.4 is 0 Å². The minimum atomic E-state index is -0.311. The molecule has 1 rings (SSSR count). The molecule has 2 heteroatoms. The first-order valence-electron chi connectivity index (χ1n) is 6.33. The monoisotopic (exact) mass is 244 g/mol. The van der Waals surface area contributed by atoms with Gasteiger partial charge in [-0.1, -0.05) is 53.0 Å². The van der Waals surface area contributed by atoms with Crippen LogP contribution in [0, 0.1) is 0 Å². The first-order chi connectivity index (χ1) is 8.29. The lowest BCUT2D eigenvalue weighted by Crippen LogP contribution is -2.14. The summed E-state index contributed by atoms with van der Waals surface area (Å²) in [4.78, 5) is 0. The first kappa shape index (κ1) is 21.4. The van der Waals surface area contributed by atoms with Crippen LogP contribution in [0.25, 0.3) is 0 Å². The molecule has 1 aliphatic carbocycles. The molecular formula is C15H29FO. The SMILES string of the molecule is C=CC1=C(C=C)[C@H](O)CCC1.CC.CC.CF. The van der Waals surface area contributed by atoms with Gasteiger partial charge in [-0.25, -0.2) is 0 Å². The van der Waals surface area contributed by atoms with E-state index < -0.39 is 0 Å². The quantitative estimate of drug-likeness (QED) is 0.737. The van der Waals surface area contributed by atoms with E-state index in [0.29, 0.717) is 7.18 Å². The number of rotatable bonds is 2. The molecule has 0 aromatic carbocycles. The van der Waals surface area contributed by atoms with Crippen LogP contribution in [0.5, 0.6) is 0 Å². The molecule has 17 heavy (non-hydrogen) atoms. The van der Waals surface area contributed by atoms with Gasteiger partial charge < -0.3 is 5.11 Å². The van der Waals surface area contributed by atoms with Crippen molar-refractivity contribution in [1.82, 2.24) is 0 Å². The highest BCUT2D eigenvalue weighted by Crippen LogP contribution is 2.26. The molecule has 1 atom stereocenters. The van der Waals surface area contributed by atoms with Crippen molar-refractivity contribution in [3.8, 4) is 0 Å². The number of hydrogen-bond donors (Lipinski definition) is 1. The van der Waals surface area contributed by atoms with Crippen LogP contribution in [-0.4, -0.2) is 18.4 Å². The van der Waals surface area contributed by atoms with Crippen LogP contribution in [0.15, 0.2) is 36.5 Å². The second-order valence-corrected chi connectivity index (χ2v) is 2.80. The van der Waals surface area contributed by atoms with Gasteiger partial charge in [0.15, 0.2) is 0 Å². The van der Waals surface area contributed by atoms with Gasteiger partial charge in [-0.2, -0.15) is 0 Å². The average Bonchev–Trinajstić information content (AvgIpc) is 2.45. The van der Waals surface area contributed by atoms with Gasteiger partial charge in [-0.15, -0.1) is 0 Å². The summed E-state index contributed by atoms with van der Waals surface area (Å²) >= 11 is 0. The van der Waals surface area contributed by atoms with E-state index in [9.17, 15) is 9.50 Å². The van der Waals surface area contributed by atoms with E-state index in [1.54, 1.807) is 6.08 Å². The number of hydrogen-bond acceptors (Lipinski definition) is 1. The van der Waals surface area contributed by atoms with Crippen molar-refractivity contribution in [3.05, 3.63) is 36.5 Å². The molecule has 0 aromatic heterocycles. The Morgan fingerprint density at radius 1 is 1.12 bits per heavy atom. The molecule has 0 saturated carbocycles. The first-order valence-corrected chi connectivity index (χ1v) is 6.33. The number of halogens is 1. The van der Waals surface area contributed by atoms with E-state index >= 15 is 0 Å². The minimum absolute atomic E-state index is 0.311. The molecular weight excluding hydrogens is 215 g/mol. The lowest BCUT2D eigenvalue weighted by Gasteiger charge is -2.20. The fraction of sp³-hybridized carbons (Fsp3) is 0.600. The predicted octanol–water partition coefficient (Wildman–Crippen LogP) is 4.84. The maximum absolute atomic E-state index is 9.50. The van der Waals surface area contributed by atoms with Gasteiger partial charge in [0, 0.05) is 0 Å². The van der Waals surface area contributed by atoms with Crippen LogP contribution in [-0.2, 0) is 0 Å². The number of allylic oxidation sites excluding steroid dienone is 2. The fourth-order valence-corrected chi connectivity index (χ4v) is 1.49. The zero-order valence-electron chi connectivity index (χ0n) is 12.1. The Balaban J connectivity index is -0.000000285. The van der Waals surface area contributed by atoms with Gasteiger partial charge in [0.05, 0.1) is 13.3 Å². The molecule has 0 bridgehead atoms. The molecule has 1 nitrogen and oxygen atoms in total. The van der Waals surface area contributed by atoms with Crippen molar-refractivity contribution < 1.29 is 9.50 Å². The molecule has 0 heterocycles. The summed E-state index contributed by atoms with van der Waals surface area (Å²) in [6.07, 6.45) is 6.19. The molecule has 0 amide bonds. The van der Waals surface area contributed by atoms with E-state index in [2.05, 4.69) is 13.2 Å². The number of alkyl halides is 1. The maximum Gasteiger partial charge on any atom is 0.0792 e. The third-order valence-electron chi connectivity index (χ3n) is 2.12. The van der Waals surface area contributed by atoms with Gasteiger partial charge in [-0.3, -0.25) is 4.39 Å². The number of aliphatic hydroxyl groups is 1. The maximum atomic E-state index is 9.50. The minimum Gasteiger partial charge on any atom is -0.388 e. The van der Waals surface area contributed by atoms with Crippen molar-refractivity contribution in [3.63, 3.8) is 0 Å². The molecule has 0 radical (unpaired) electrons. The van der Waals surface area contributed by atoms with E-state index in [0.717, 1.165) is 30.4 Å². The van der Waals surface area contributed by atoms with Gasteiger partial charge >= 0.3 is 0 Å². The third-order valence-corrected chi connectivity index (χ3v) is 2.12. The highest BCUT2D eigenvalue weighted by Gasteiger charge is 2.16. The molecule has 0 aliphatic heterocycles. The normalized spacial score (nSPS) is 17.2. The summed E-state index contributed by atoms with van der Waals surface area (Å²) in [5.74, 6) is 0. The van der Waals surface area contributed by atoms with Crippen molar-refractivity contribution in [1.29, 1.82) is 0 Å². The summed E-state index contributed by atoms with van der Waals surface area (Å²) in [7, 11) is 0.500. The summed E-state index contributed by atoms with van der Waals surface area (Å²) < 4.78 is 9.50. The van der Waals surface area contributed by atoms with Crippen molar-refractivity contribution >= 4 is 0 Å². The Bertz CT molecular complexity index is 207. The second kappa shape index (κ2) is 17.5. The van der Waals surface area contributed by atoms with Crippen LogP contribution in [0.2, 0.25) is 0 Å². The Morgan fingerprint density at radius 3 is 1.88 bits per heavy atom. The Kier molecular flexibility index (Phi) is 22.0. The smallest absolute Gasteiger partial charge is 0.0792 e. The molecule has 1 aliphatic rings. The van der Waals surface area contributed by atoms with Crippen molar-refractivity contribution in [2.75, 3.05) is 7.18 Å². The topological polar surface area (TPSA) is 20.2 Å². The van der Waals surface area contributed by atoms with Gasteiger partial charge in [-0.05, 0) is 30.4 Å². The molecule has 1 N–H and O–H groups in total. The zero-order chi connectivity index (χ0) is 14.3. The van der Waals surface area contributed by atoms with Crippen molar-refractivity contribution in [2.45, 2.75) is 53.1 Å². The average molecular weight is 244 g/mol. The van der Waals surface area contributed by atoms with E-state index in [1.165, 1.54) is 0 Å². The standard InChI is InChI=1S/C10H14O.2C2H6.CH3F/c1-3-8-6-5-7-10(11)9(8)4-2;3*1-2/h3-4,10-11H,1-2,5-7H2;2*1-2H3;1H3/t10-;;;/m1.../s1. The van der Waals surface area contributed by atoms with Crippen LogP contribution in [0.3, 0.4) is 0 Å². The summed E-state index contributed by atoms with van der Waals surface area (Å²) in [5, 5.41) is 9.49. The predicted molar refractivity (Wildman–Crippen MR) is 77.0 cm³/mol. The zero-order valence-corrected chi connectivity index (χ0v) is 12.1. The van der Waals surface area contributed by atoms with E-state index in [4.69, 9.17) is 0 Å². The molecule has 102 valence electrons. The molecule has 0 saturated heterocycles. The third kappa shape index (κ3) is 8.87. The fourth-order valence-electron chi connectivity index (χ4n) is 1.49. The van der Waals surface area contributed by atoms with E-state index in [-0.39, 0.29) is 6.10 Å². The number of aliphatic hydroxyl groups excluding tert-OH is 1. The van der Waals surface area contributed by atoms with Gasteiger partial charge in [0.1, 0.15) is 0 Å². The van der Waals surface area contributed by atoms with E-state index in [1.807, 2.05) is 33.8 Å². The molecule has 0 fully saturated rings. The van der Waals surface area contributed by atoms with Crippen molar-refractivity contribution in [2.24, 2.45) is 0 Å². The lowest BCUT2D eigenvalue weighted by atomic mass is 9.89. The summed E-state index contributed by atoms with van der Waals surface area (Å²) in [6, 6.07) is 0. The highest BCUT2D eigenvalue weighted by atomic mass is 19.1. The van der Waals surface area contributed by atoms with Crippen LogP contribution >= 0.6 is 0 Å². The Morgan fingerprint density at radius 2 is 1.59 bits per heavy atom. The van der Waals surface area contributed by atoms with Gasteiger partial charge in [0.2, 0.25) is 0 Å². The molecule has 0 spiro atoms. The van der Waals surface area contributed by atoms with Crippen LogP contribution in [0.4, 0.5) is 4.39 Å². The largest absolute Gasteiger partial charge is 0.388 e.